The zero-order valence-corrected chi connectivity index (χ0v) is 16.2. The minimum absolute atomic E-state index is 0. The van der Waals surface area contributed by atoms with E-state index in [1.54, 1.807) is 12.1 Å². The largest absolute Gasteiger partial charge is 0.512 e. The molecule has 0 bridgehead atoms. The van der Waals surface area contributed by atoms with Gasteiger partial charge in [0.2, 0.25) is 0 Å². The van der Waals surface area contributed by atoms with E-state index in [0.29, 0.717) is 10.9 Å². The van der Waals surface area contributed by atoms with Crippen molar-refractivity contribution in [3.8, 4) is 11.3 Å². The second-order valence-electron chi connectivity index (χ2n) is 5.18. The van der Waals surface area contributed by atoms with Gasteiger partial charge < -0.3 is 5.11 Å². The maximum atomic E-state index is 13.5. The van der Waals surface area contributed by atoms with Crippen molar-refractivity contribution in [2.24, 2.45) is 0 Å². The third-order valence-corrected chi connectivity index (χ3v) is 3.08. The number of benzene rings is 2. The van der Waals surface area contributed by atoms with E-state index in [0.717, 1.165) is 11.3 Å². The van der Waals surface area contributed by atoms with Gasteiger partial charge in [-0.2, -0.15) is 0 Å². The second-order valence-corrected chi connectivity index (χ2v) is 5.18. The first kappa shape index (κ1) is 20.7. The molecule has 1 radical (unpaired) electrons. The third-order valence-electron chi connectivity index (χ3n) is 3.08. The number of hydrogen-bond donors (Lipinski definition) is 1. The molecule has 5 heteroatoms. The van der Waals surface area contributed by atoms with E-state index in [-0.39, 0.29) is 37.5 Å². The molecule has 1 N–H and O–H groups in total. The smallest absolute Gasteiger partial charge is 0.155 e. The van der Waals surface area contributed by atoms with Gasteiger partial charge in [-0.15, -0.1) is 35.9 Å². The van der Waals surface area contributed by atoms with Crippen LogP contribution in [0.4, 0.5) is 4.39 Å². The van der Waals surface area contributed by atoms with Gasteiger partial charge in [0, 0.05) is 31.6 Å². The molecular weight excluding hydrogens is 497 g/mol. The minimum Gasteiger partial charge on any atom is -0.512 e. The van der Waals surface area contributed by atoms with Gasteiger partial charge >= 0.3 is 0 Å². The van der Waals surface area contributed by atoms with Crippen LogP contribution in [-0.4, -0.2) is 15.9 Å². The number of aliphatic hydroxyl groups excluding tert-OH is 1. The van der Waals surface area contributed by atoms with Crippen molar-refractivity contribution < 1.29 is 34.4 Å². The summed E-state index contributed by atoms with van der Waals surface area (Å²) in [4.78, 5) is 14.5. The molecule has 0 saturated heterocycles. The number of pyridine rings is 1. The molecule has 131 valence electrons. The molecule has 0 aliphatic carbocycles. The Kier molecular flexibility index (Phi) is 8.12. The van der Waals surface area contributed by atoms with Crippen LogP contribution < -0.4 is 0 Å². The number of nitrogens with zero attached hydrogens (tertiary/aromatic N) is 1. The normalized spacial score (nSPS) is 10.4. The molecule has 0 aliphatic heterocycles. The van der Waals surface area contributed by atoms with Crippen molar-refractivity contribution in [2.75, 3.05) is 0 Å². The van der Waals surface area contributed by atoms with Gasteiger partial charge in [0.15, 0.2) is 5.78 Å². The number of rotatable bonds is 2. The van der Waals surface area contributed by atoms with Crippen LogP contribution in [0.15, 0.2) is 66.4 Å². The van der Waals surface area contributed by atoms with Crippen LogP contribution in [0.2, 0.25) is 0 Å². The van der Waals surface area contributed by atoms with Gasteiger partial charge in [-0.1, -0.05) is 18.2 Å². The summed E-state index contributed by atoms with van der Waals surface area (Å²) in [5.41, 5.74) is 2.39. The number of aliphatic hydroxyl groups is 1. The minimum atomic E-state index is -0.237. The third kappa shape index (κ3) is 6.22. The molecular formula is C20H17FIrNO2-. The zero-order chi connectivity index (χ0) is 17.5. The first-order valence-electron chi connectivity index (χ1n) is 7.37. The van der Waals surface area contributed by atoms with Crippen molar-refractivity contribution in [1.82, 2.24) is 4.98 Å². The van der Waals surface area contributed by atoms with Gasteiger partial charge in [0.25, 0.3) is 0 Å². The maximum absolute atomic E-state index is 13.5. The molecule has 1 aromatic heterocycles. The van der Waals surface area contributed by atoms with E-state index in [1.165, 1.54) is 26.0 Å². The van der Waals surface area contributed by atoms with Gasteiger partial charge in [0.1, 0.15) is 5.82 Å². The van der Waals surface area contributed by atoms with Gasteiger partial charge in [0.05, 0.1) is 11.3 Å². The van der Waals surface area contributed by atoms with Gasteiger partial charge in [-0.25, -0.2) is 4.39 Å². The SMILES string of the molecule is CC(=O)/C=C(/C)O.Fc1cccc2nc(-c3[c-]cccc3)ccc12.[Ir]. The van der Waals surface area contributed by atoms with Crippen molar-refractivity contribution >= 4 is 16.7 Å². The van der Waals surface area contributed by atoms with Crippen molar-refractivity contribution in [2.45, 2.75) is 13.8 Å². The molecule has 0 saturated carbocycles. The Bertz CT molecular complexity index is 875. The van der Waals surface area contributed by atoms with Gasteiger partial charge in [-0.3, -0.25) is 9.78 Å². The Morgan fingerprint density at radius 3 is 2.44 bits per heavy atom. The molecule has 0 atom stereocenters. The number of halogens is 1. The quantitative estimate of drug-likeness (QED) is 0.302. The zero-order valence-electron chi connectivity index (χ0n) is 13.8. The number of fused-ring (bicyclic) bond motifs is 1. The first-order chi connectivity index (χ1) is 11.5. The molecule has 3 rings (SSSR count). The molecule has 0 spiro atoms. The predicted octanol–water partition coefficient (Wildman–Crippen LogP) is 4.88. The number of ketones is 1. The Morgan fingerprint density at radius 1 is 1.12 bits per heavy atom. The fourth-order valence-electron chi connectivity index (χ4n) is 2.11. The molecule has 25 heavy (non-hydrogen) atoms. The summed E-state index contributed by atoms with van der Waals surface area (Å²) in [6, 6.07) is 19.2. The van der Waals surface area contributed by atoms with Crippen molar-refractivity contribution in [1.29, 1.82) is 0 Å². The van der Waals surface area contributed by atoms with E-state index in [2.05, 4.69) is 11.1 Å². The molecule has 0 fully saturated rings. The number of hydrogen-bond acceptors (Lipinski definition) is 3. The van der Waals surface area contributed by atoms with Gasteiger partial charge in [-0.05, 0) is 31.7 Å². The Morgan fingerprint density at radius 2 is 1.88 bits per heavy atom. The number of carbonyl (C=O) groups excluding carboxylic acids is 1. The standard InChI is InChI=1S/C15H9FN.C5H8O2.Ir/c16-13-7-4-8-15-12(13)9-10-14(17-15)11-5-2-1-3-6-11;1-4(6)3-5(2)7;/h1-5,7-10H;3,6H,1-2H3;/q-1;;/b;4-3-;. The van der Waals surface area contributed by atoms with Crippen LogP contribution in [-0.2, 0) is 24.9 Å². The summed E-state index contributed by atoms with van der Waals surface area (Å²) in [5, 5.41) is 8.91. The second kappa shape index (κ2) is 9.82. The first-order valence-corrected chi connectivity index (χ1v) is 7.37. The Labute approximate surface area is 159 Å². The summed E-state index contributed by atoms with van der Waals surface area (Å²) in [6.07, 6.45) is 1.17. The summed E-state index contributed by atoms with van der Waals surface area (Å²) < 4.78 is 13.5. The summed E-state index contributed by atoms with van der Waals surface area (Å²) in [7, 11) is 0. The number of aromatic nitrogens is 1. The van der Waals surface area contributed by atoms with Crippen molar-refractivity contribution in [3.05, 3.63) is 78.3 Å². The van der Waals surface area contributed by atoms with E-state index >= 15 is 0 Å². The molecule has 0 unspecified atom stereocenters. The van der Waals surface area contributed by atoms with Crippen molar-refractivity contribution in [3.63, 3.8) is 0 Å². The van der Waals surface area contributed by atoms with E-state index in [4.69, 9.17) is 5.11 Å². The molecule has 0 amide bonds. The number of carbonyl (C=O) groups is 1. The molecule has 1 heterocycles. The average Bonchev–Trinajstić information content (AvgIpc) is 2.55. The number of allylic oxidation sites excluding steroid dienone is 2. The molecule has 3 nitrogen and oxygen atoms in total. The Hall–Kier alpha value is -2.36. The topological polar surface area (TPSA) is 50.2 Å². The predicted molar refractivity (Wildman–Crippen MR) is 93.0 cm³/mol. The van der Waals surface area contributed by atoms with Crippen LogP contribution in [0.3, 0.4) is 0 Å². The maximum Gasteiger partial charge on any atom is 0.155 e. The fourth-order valence-corrected chi connectivity index (χ4v) is 2.11. The summed E-state index contributed by atoms with van der Waals surface area (Å²) in [5.74, 6) is -0.300. The van der Waals surface area contributed by atoms with Crippen LogP contribution >= 0.6 is 0 Å². The summed E-state index contributed by atoms with van der Waals surface area (Å²) >= 11 is 0. The average molecular weight is 515 g/mol. The van der Waals surface area contributed by atoms with Crippen LogP contribution in [0.5, 0.6) is 0 Å². The van der Waals surface area contributed by atoms with Crippen LogP contribution in [0.25, 0.3) is 22.2 Å². The van der Waals surface area contributed by atoms with E-state index < -0.39 is 0 Å². The fraction of sp³-hybridized carbons (Fsp3) is 0.100. The van der Waals surface area contributed by atoms with Crippen LogP contribution in [0.1, 0.15) is 13.8 Å². The molecule has 2 aromatic carbocycles. The molecule has 0 aliphatic rings. The molecule has 3 aromatic rings. The Balaban J connectivity index is 0.000000339. The summed E-state index contributed by atoms with van der Waals surface area (Å²) in [6.45, 7) is 2.85. The van der Waals surface area contributed by atoms with Crippen LogP contribution in [0, 0.1) is 11.9 Å². The monoisotopic (exact) mass is 515 g/mol. The van der Waals surface area contributed by atoms with E-state index in [1.807, 2.05) is 36.4 Å². The van der Waals surface area contributed by atoms with E-state index in [9.17, 15) is 9.18 Å².